The Bertz CT molecular complexity index is 643. The zero-order chi connectivity index (χ0) is 13.3. The van der Waals surface area contributed by atoms with Crippen molar-refractivity contribution in [1.29, 1.82) is 0 Å². The molecule has 3 N–H and O–H groups in total. The van der Waals surface area contributed by atoms with E-state index in [0.717, 1.165) is 0 Å². The number of hydrogen-bond acceptors (Lipinski definition) is 6. The molecular formula is C12H12O6. The summed E-state index contributed by atoms with van der Waals surface area (Å²) in [6.07, 6.45) is 0. The lowest BCUT2D eigenvalue weighted by molar-refractivity contribution is 0.230. The molecule has 0 bridgehead atoms. The number of hydrogen-bond donors (Lipinski definition) is 3. The van der Waals surface area contributed by atoms with E-state index in [9.17, 15) is 9.90 Å². The van der Waals surface area contributed by atoms with Crippen molar-refractivity contribution in [2.24, 2.45) is 0 Å². The largest absolute Gasteiger partial charge is 0.507 e. The molecule has 0 saturated carbocycles. The second-order valence-electron chi connectivity index (χ2n) is 3.67. The second-order valence-corrected chi connectivity index (χ2v) is 3.67. The SMILES string of the molecule is COc1cc(O)c2c(=O)c(CO)c(CO)oc2c1. The van der Waals surface area contributed by atoms with Gasteiger partial charge in [0.15, 0.2) is 0 Å². The third-order valence-electron chi connectivity index (χ3n) is 2.66. The van der Waals surface area contributed by atoms with Gasteiger partial charge >= 0.3 is 0 Å². The molecule has 1 aromatic carbocycles. The maximum absolute atomic E-state index is 12.0. The molecule has 96 valence electrons. The molecule has 1 aromatic heterocycles. The number of phenolic OH excluding ortho intramolecular Hbond substituents is 1. The first kappa shape index (κ1) is 12.4. The second kappa shape index (κ2) is 4.67. The van der Waals surface area contributed by atoms with E-state index in [1.54, 1.807) is 0 Å². The lowest BCUT2D eigenvalue weighted by Crippen LogP contribution is -2.13. The van der Waals surface area contributed by atoms with Crippen molar-refractivity contribution in [3.8, 4) is 11.5 Å². The summed E-state index contributed by atoms with van der Waals surface area (Å²) in [6.45, 7) is -1.08. The van der Waals surface area contributed by atoms with Gasteiger partial charge in [0.2, 0.25) is 5.43 Å². The zero-order valence-corrected chi connectivity index (χ0v) is 9.64. The van der Waals surface area contributed by atoms with Crippen LogP contribution in [-0.4, -0.2) is 22.4 Å². The number of rotatable bonds is 3. The Morgan fingerprint density at radius 2 is 2.00 bits per heavy atom. The number of benzene rings is 1. The fraction of sp³-hybridized carbons (Fsp3) is 0.250. The third-order valence-corrected chi connectivity index (χ3v) is 2.66. The maximum Gasteiger partial charge on any atom is 0.202 e. The Hall–Kier alpha value is -2.05. The predicted molar refractivity (Wildman–Crippen MR) is 62.5 cm³/mol. The molecular weight excluding hydrogens is 240 g/mol. The molecule has 1 heterocycles. The number of aliphatic hydroxyl groups is 2. The van der Waals surface area contributed by atoms with Gasteiger partial charge in [-0.25, -0.2) is 0 Å². The van der Waals surface area contributed by atoms with Crippen LogP contribution in [0, 0.1) is 0 Å². The highest BCUT2D eigenvalue weighted by atomic mass is 16.5. The quantitative estimate of drug-likeness (QED) is 0.735. The summed E-state index contributed by atoms with van der Waals surface area (Å²) in [5.74, 6) is 0.00345. The lowest BCUT2D eigenvalue weighted by Gasteiger charge is -2.08. The Morgan fingerprint density at radius 1 is 1.28 bits per heavy atom. The van der Waals surface area contributed by atoms with E-state index in [1.807, 2.05) is 0 Å². The molecule has 6 heteroatoms. The van der Waals surface area contributed by atoms with Crippen LogP contribution < -0.4 is 10.2 Å². The minimum absolute atomic E-state index is 0.0253. The summed E-state index contributed by atoms with van der Waals surface area (Å²) in [5, 5.41) is 27.9. The molecule has 0 radical (unpaired) electrons. The first-order valence-electron chi connectivity index (χ1n) is 5.19. The fourth-order valence-corrected chi connectivity index (χ4v) is 1.76. The van der Waals surface area contributed by atoms with E-state index in [1.165, 1.54) is 19.2 Å². The van der Waals surface area contributed by atoms with Crippen molar-refractivity contribution in [3.05, 3.63) is 33.7 Å². The fourth-order valence-electron chi connectivity index (χ4n) is 1.76. The summed E-state index contributed by atoms with van der Waals surface area (Å²) in [7, 11) is 1.41. The molecule has 0 aliphatic carbocycles. The smallest absolute Gasteiger partial charge is 0.202 e. The van der Waals surface area contributed by atoms with Crippen LogP contribution >= 0.6 is 0 Å². The van der Waals surface area contributed by atoms with E-state index in [0.29, 0.717) is 5.75 Å². The van der Waals surface area contributed by atoms with Crippen LogP contribution in [0.4, 0.5) is 0 Å². The van der Waals surface area contributed by atoms with Crippen LogP contribution in [0.3, 0.4) is 0 Å². The van der Waals surface area contributed by atoms with Crippen LogP contribution in [-0.2, 0) is 13.2 Å². The van der Waals surface area contributed by atoms with Gasteiger partial charge in [-0.1, -0.05) is 0 Å². The molecule has 0 fully saturated rings. The summed E-state index contributed by atoms with van der Waals surface area (Å²) in [4.78, 5) is 12.0. The van der Waals surface area contributed by atoms with Gasteiger partial charge in [-0.3, -0.25) is 4.79 Å². The standard InChI is InChI=1S/C12H12O6/c1-17-6-2-8(15)11-9(3-6)18-10(5-14)7(4-13)12(11)16/h2-3,13-15H,4-5H2,1H3. The topological polar surface area (TPSA) is 100 Å². The molecule has 0 aliphatic heterocycles. The highest BCUT2D eigenvalue weighted by Gasteiger charge is 2.16. The van der Waals surface area contributed by atoms with Crippen molar-refractivity contribution in [2.45, 2.75) is 13.2 Å². The van der Waals surface area contributed by atoms with Gasteiger partial charge in [0.1, 0.15) is 34.8 Å². The van der Waals surface area contributed by atoms with E-state index in [4.69, 9.17) is 19.4 Å². The van der Waals surface area contributed by atoms with Crippen LogP contribution in [0.15, 0.2) is 21.3 Å². The first-order chi connectivity index (χ1) is 8.62. The van der Waals surface area contributed by atoms with Gasteiger partial charge in [-0.05, 0) is 0 Å². The van der Waals surface area contributed by atoms with Crippen molar-refractivity contribution < 1.29 is 24.5 Å². The van der Waals surface area contributed by atoms with Crippen molar-refractivity contribution in [3.63, 3.8) is 0 Å². The van der Waals surface area contributed by atoms with Crippen LogP contribution in [0.1, 0.15) is 11.3 Å². The molecule has 2 rings (SSSR count). The number of aromatic hydroxyl groups is 1. The van der Waals surface area contributed by atoms with E-state index >= 15 is 0 Å². The monoisotopic (exact) mass is 252 g/mol. The zero-order valence-electron chi connectivity index (χ0n) is 9.64. The Kier molecular flexibility index (Phi) is 3.22. The van der Waals surface area contributed by atoms with Gasteiger partial charge in [0.05, 0.1) is 19.3 Å². The predicted octanol–water partition coefficient (Wildman–Crippen LogP) is 0.492. The molecule has 0 atom stereocenters. The number of ether oxygens (including phenoxy) is 1. The van der Waals surface area contributed by atoms with Crippen molar-refractivity contribution in [2.75, 3.05) is 7.11 Å². The Morgan fingerprint density at radius 3 is 2.56 bits per heavy atom. The highest BCUT2D eigenvalue weighted by Crippen LogP contribution is 2.29. The van der Waals surface area contributed by atoms with Crippen LogP contribution in [0.2, 0.25) is 0 Å². The van der Waals surface area contributed by atoms with Crippen molar-refractivity contribution >= 4 is 11.0 Å². The van der Waals surface area contributed by atoms with Gasteiger partial charge in [-0.2, -0.15) is 0 Å². The summed E-state index contributed by atoms with van der Waals surface area (Å²) < 4.78 is 10.2. The molecule has 0 amide bonds. The maximum atomic E-state index is 12.0. The molecule has 0 spiro atoms. The Labute approximate surface area is 102 Å². The van der Waals surface area contributed by atoms with Gasteiger partial charge < -0.3 is 24.5 Å². The van der Waals surface area contributed by atoms with Crippen molar-refractivity contribution in [1.82, 2.24) is 0 Å². The van der Waals surface area contributed by atoms with E-state index in [-0.39, 0.29) is 28.0 Å². The average Bonchev–Trinajstić information content (AvgIpc) is 2.37. The first-order valence-corrected chi connectivity index (χ1v) is 5.19. The molecule has 18 heavy (non-hydrogen) atoms. The van der Waals surface area contributed by atoms with Crippen LogP contribution in [0.25, 0.3) is 11.0 Å². The third kappa shape index (κ3) is 1.81. The minimum Gasteiger partial charge on any atom is -0.507 e. The van der Waals surface area contributed by atoms with E-state index < -0.39 is 18.6 Å². The minimum atomic E-state index is -0.570. The Balaban J connectivity index is 2.90. The normalized spacial score (nSPS) is 10.8. The molecule has 2 aromatic rings. The van der Waals surface area contributed by atoms with Gasteiger partial charge in [-0.15, -0.1) is 0 Å². The summed E-state index contributed by atoms with van der Waals surface area (Å²) in [6, 6.07) is 2.70. The number of aliphatic hydroxyl groups excluding tert-OH is 2. The molecule has 0 aliphatic rings. The lowest BCUT2D eigenvalue weighted by atomic mass is 10.1. The molecule has 0 unspecified atom stereocenters. The summed E-state index contributed by atoms with van der Waals surface area (Å²) >= 11 is 0. The van der Waals surface area contributed by atoms with E-state index in [2.05, 4.69) is 0 Å². The number of methoxy groups -OCH3 is 1. The number of phenols is 1. The van der Waals surface area contributed by atoms with Crippen LogP contribution in [0.5, 0.6) is 11.5 Å². The van der Waals surface area contributed by atoms with Gasteiger partial charge in [0.25, 0.3) is 0 Å². The molecule has 0 saturated heterocycles. The molecule has 6 nitrogen and oxygen atoms in total. The van der Waals surface area contributed by atoms with Gasteiger partial charge in [0, 0.05) is 12.1 Å². The summed E-state index contributed by atoms with van der Waals surface area (Å²) in [5.41, 5.74) is -0.536. The number of fused-ring (bicyclic) bond motifs is 1. The average molecular weight is 252 g/mol. The highest BCUT2D eigenvalue weighted by molar-refractivity contribution is 5.85.